The van der Waals surface area contributed by atoms with Crippen molar-refractivity contribution in [2.45, 2.75) is 78.6 Å². The number of hydrogen-bond acceptors (Lipinski definition) is 2. The third kappa shape index (κ3) is 5.76. The first kappa shape index (κ1) is 21.3. The Morgan fingerprint density at radius 1 is 0.778 bits per heavy atom. The van der Waals surface area contributed by atoms with Gasteiger partial charge in [-0.3, -0.25) is 0 Å². The van der Waals surface area contributed by atoms with Crippen LogP contribution in [0.15, 0.2) is 36.4 Å². The molecule has 2 aromatic rings. The highest BCUT2D eigenvalue weighted by Crippen LogP contribution is 2.33. The average molecular weight is 369 g/mol. The number of aromatic hydroxyl groups is 1. The summed E-state index contributed by atoms with van der Waals surface area (Å²) in [5.74, 6) is 1.41. The maximum absolute atomic E-state index is 10.4. The Bertz CT molecular complexity index is 761. The lowest BCUT2D eigenvalue weighted by atomic mass is 9.84. The van der Waals surface area contributed by atoms with E-state index in [2.05, 4.69) is 78.8 Å². The predicted molar refractivity (Wildman–Crippen MR) is 115 cm³/mol. The zero-order valence-electron chi connectivity index (χ0n) is 18.1. The van der Waals surface area contributed by atoms with Gasteiger partial charge in [0.15, 0.2) is 0 Å². The minimum Gasteiger partial charge on any atom is -0.508 e. The van der Waals surface area contributed by atoms with Crippen LogP contribution < -0.4 is 4.74 Å². The number of aryl methyl sites for hydroxylation is 2. The number of benzene rings is 2. The molecule has 0 heterocycles. The normalized spacial score (nSPS) is 12.3. The quantitative estimate of drug-likeness (QED) is 0.625. The molecular weight excluding hydrogens is 332 g/mol. The molecule has 2 nitrogen and oxygen atoms in total. The number of rotatable bonds is 6. The van der Waals surface area contributed by atoms with Gasteiger partial charge in [0.2, 0.25) is 0 Å². The lowest BCUT2D eigenvalue weighted by Gasteiger charge is -2.23. The molecule has 2 aromatic carbocycles. The Balaban J connectivity index is 2.17. The first-order valence-electron chi connectivity index (χ1n) is 10.1. The van der Waals surface area contributed by atoms with Gasteiger partial charge in [-0.2, -0.15) is 0 Å². The van der Waals surface area contributed by atoms with E-state index in [-0.39, 0.29) is 10.8 Å². The van der Waals surface area contributed by atoms with E-state index in [1.54, 1.807) is 0 Å². The largest absolute Gasteiger partial charge is 0.508 e. The first-order valence-corrected chi connectivity index (χ1v) is 10.1. The molecule has 0 aromatic heterocycles. The average Bonchev–Trinajstić information content (AvgIpc) is 2.56. The van der Waals surface area contributed by atoms with Crippen LogP contribution in [0.5, 0.6) is 11.5 Å². The molecule has 148 valence electrons. The standard InChI is InChI=1S/C25H36O2/c1-8-15-27-23-17-19(12-14-21(23)25(5,6)7)10-9-18-11-13-20(22(26)16-18)24(2,3)4/h11-14,16-17,26H,8-10,15H2,1-7H3. The zero-order chi connectivity index (χ0) is 20.2. The maximum Gasteiger partial charge on any atom is 0.123 e. The summed E-state index contributed by atoms with van der Waals surface area (Å²) in [4.78, 5) is 0. The second-order valence-electron chi connectivity index (χ2n) is 9.53. The lowest BCUT2D eigenvalue weighted by molar-refractivity contribution is 0.308. The van der Waals surface area contributed by atoms with Gasteiger partial charge in [-0.15, -0.1) is 0 Å². The third-order valence-electron chi connectivity index (χ3n) is 4.89. The van der Waals surface area contributed by atoms with E-state index in [0.29, 0.717) is 5.75 Å². The SMILES string of the molecule is CCCOc1cc(CCc2ccc(C(C)(C)C)c(O)c2)ccc1C(C)(C)C. The second kappa shape index (κ2) is 8.37. The monoisotopic (exact) mass is 368 g/mol. The maximum atomic E-state index is 10.4. The molecule has 27 heavy (non-hydrogen) atoms. The smallest absolute Gasteiger partial charge is 0.123 e. The van der Waals surface area contributed by atoms with Crippen molar-refractivity contribution >= 4 is 0 Å². The van der Waals surface area contributed by atoms with E-state index in [1.807, 2.05) is 6.07 Å². The summed E-state index contributed by atoms with van der Waals surface area (Å²) in [5.41, 5.74) is 4.71. The van der Waals surface area contributed by atoms with E-state index < -0.39 is 0 Å². The highest BCUT2D eigenvalue weighted by atomic mass is 16.5. The van der Waals surface area contributed by atoms with Crippen molar-refractivity contribution in [2.75, 3.05) is 6.61 Å². The fraction of sp³-hybridized carbons (Fsp3) is 0.520. The van der Waals surface area contributed by atoms with Crippen molar-refractivity contribution in [3.05, 3.63) is 58.7 Å². The summed E-state index contributed by atoms with van der Waals surface area (Å²) in [7, 11) is 0. The summed E-state index contributed by atoms with van der Waals surface area (Å²) in [6, 6.07) is 12.7. The molecule has 0 radical (unpaired) electrons. The van der Waals surface area contributed by atoms with Crippen molar-refractivity contribution in [1.82, 2.24) is 0 Å². The van der Waals surface area contributed by atoms with Gasteiger partial charge in [0.25, 0.3) is 0 Å². The minimum absolute atomic E-state index is 0.0447. The van der Waals surface area contributed by atoms with Crippen LogP contribution >= 0.6 is 0 Å². The fourth-order valence-corrected chi connectivity index (χ4v) is 3.33. The van der Waals surface area contributed by atoms with Crippen molar-refractivity contribution in [3.8, 4) is 11.5 Å². The van der Waals surface area contributed by atoms with Gasteiger partial charge >= 0.3 is 0 Å². The Hall–Kier alpha value is -1.96. The summed E-state index contributed by atoms with van der Waals surface area (Å²) < 4.78 is 6.04. The van der Waals surface area contributed by atoms with Crippen LogP contribution in [-0.4, -0.2) is 11.7 Å². The zero-order valence-corrected chi connectivity index (χ0v) is 18.1. The third-order valence-corrected chi connectivity index (χ3v) is 4.89. The van der Waals surface area contributed by atoms with E-state index in [9.17, 15) is 5.11 Å². The van der Waals surface area contributed by atoms with E-state index in [1.165, 1.54) is 11.1 Å². The van der Waals surface area contributed by atoms with Crippen molar-refractivity contribution in [2.24, 2.45) is 0 Å². The van der Waals surface area contributed by atoms with Gasteiger partial charge in [-0.25, -0.2) is 0 Å². The molecule has 0 saturated heterocycles. The molecule has 0 aliphatic carbocycles. The number of ether oxygens (including phenoxy) is 1. The topological polar surface area (TPSA) is 29.5 Å². The van der Waals surface area contributed by atoms with Gasteiger partial charge in [0.05, 0.1) is 6.61 Å². The molecule has 0 amide bonds. The molecule has 0 atom stereocenters. The summed E-state index contributed by atoms with van der Waals surface area (Å²) in [6.07, 6.45) is 2.84. The molecule has 0 fully saturated rings. The van der Waals surface area contributed by atoms with Crippen LogP contribution in [0.25, 0.3) is 0 Å². The van der Waals surface area contributed by atoms with Gasteiger partial charge in [-0.1, -0.05) is 72.7 Å². The molecule has 2 rings (SSSR count). The van der Waals surface area contributed by atoms with Gasteiger partial charge in [0.1, 0.15) is 11.5 Å². The van der Waals surface area contributed by atoms with E-state index in [4.69, 9.17) is 4.74 Å². The summed E-state index contributed by atoms with van der Waals surface area (Å²) >= 11 is 0. The summed E-state index contributed by atoms with van der Waals surface area (Å²) in [5, 5.41) is 10.4. The summed E-state index contributed by atoms with van der Waals surface area (Å²) in [6.45, 7) is 15.9. The molecule has 1 N–H and O–H groups in total. The highest BCUT2D eigenvalue weighted by molar-refractivity contribution is 5.43. The van der Waals surface area contributed by atoms with Crippen molar-refractivity contribution < 1.29 is 9.84 Å². The van der Waals surface area contributed by atoms with Gasteiger partial charge < -0.3 is 9.84 Å². The van der Waals surface area contributed by atoms with Gasteiger partial charge in [-0.05, 0) is 64.5 Å². The van der Waals surface area contributed by atoms with Crippen LogP contribution in [0.4, 0.5) is 0 Å². The Labute approximate surface area is 165 Å². The molecular formula is C25H36O2. The molecule has 0 aliphatic rings. The Morgan fingerprint density at radius 2 is 1.30 bits per heavy atom. The van der Waals surface area contributed by atoms with Gasteiger partial charge in [0, 0.05) is 0 Å². The second-order valence-corrected chi connectivity index (χ2v) is 9.53. The molecule has 0 unspecified atom stereocenters. The molecule has 0 bridgehead atoms. The minimum atomic E-state index is -0.0447. The van der Waals surface area contributed by atoms with Crippen molar-refractivity contribution in [1.29, 1.82) is 0 Å². The van der Waals surface area contributed by atoms with Crippen molar-refractivity contribution in [3.63, 3.8) is 0 Å². The van der Waals surface area contributed by atoms with E-state index >= 15 is 0 Å². The van der Waals surface area contributed by atoms with Crippen LogP contribution in [0.1, 0.15) is 77.1 Å². The van der Waals surface area contributed by atoms with Crippen LogP contribution in [0.3, 0.4) is 0 Å². The molecule has 0 spiro atoms. The Morgan fingerprint density at radius 3 is 1.78 bits per heavy atom. The van der Waals surface area contributed by atoms with E-state index in [0.717, 1.165) is 42.7 Å². The van der Waals surface area contributed by atoms with Crippen LogP contribution in [0, 0.1) is 0 Å². The van der Waals surface area contributed by atoms with Crippen LogP contribution in [0.2, 0.25) is 0 Å². The Kier molecular flexibility index (Phi) is 6.62. The first-order chi connectivity index (χ1) is 12.5. The molecule has 0 saturated carbocycles. The fourth-order valence-electron chi connectivity index (χ4n) is 3.33. The van der Waals surface area contributed by atoms with Crippen LogP contribution in [-0.2, 0) is 23.7 Å². The number of hydrogen-bond donors (Lipinski definition) is 1. The highest BCUT2D eigenvalue weighted by Gasteiger charge is 2.20. The molecule has 0 aliphatic heterocycles. The predicted octanol–water partition coefficient (Wildman–Crippen LogP) is 6.56. The molecule has 2 heteroatoms. The lowest BCUT2D eigenvalue weighted by Crippen LogP contribution is -2.14. The number of phenols is 1. The number of phenolic OH excluding ortho intramolecular Hbond substituents is 1.